The number of nitrogens with two attached hydrogens (primary N) is 1. The van der Waals surface area contributed by atoms with Gasteiger partial charge in [0.15, 0.2) is 17.6 Å². The van der Waals surface area contributed by atoms with E-state index in [0.29, 0.717) is 54.9 Å². The van der Waals surface area contributed by atoms with Crippen LogP contribution in [0.5, 0.6) is 0 Å². The Morgan fingerprint density at radius 1 is 1.16 bits per heavy atom. The van der Waals surface area contributed by atoms with Crippen LogP contribution in [0, 0.1) is 16.0 Å². The Bertz CT molecular complexity index is 1450. The Morgan fingerprint density at radius 2 is 1.88 bits per heavy atom. The number of rotatable bonds is 12. The third-order valence-corrected chi connectivity index (χ3v) is 7.50. The third kappa shape index (κ3) is 7.52. The second-order valence-corrected chi connectivity index (χ2v) is 10.8. The first kappa shape index (κ1) is 30.1. The number of nitro benzene ring substituents is 1. The van der Waals surface area contributed by atoms with Crippen molar-refractivity contribution in [2.24, 2.45) is 5.92 Å². The van der Waals surface area contributed by atoms with Gasteiger partial charge in [0.1, 0.15) is 30.8 Å². The summed E-state index contributed by atoms with van der Waals surface area (Å²) in [5, 5.41) is 33.1. The summed E-state index contributed by atoms with van der Waals surface area (Å²) in [7, 11) is 0. The highest BCUT2D eigenvalue weighted by atomic mass is 16.6. The molecule has 0 bridgehead atoms. The van der Waals surface area contributed by atoms with Gasteiger partial charge in [-0.3, -0.25) is 19.5 Å². The molecule has 2 amide bonds. The molecular formula is C27H34N8O8. The highest BCUT2D eigenvalue weighted by Gasteiger charge is 2.32. The summed E-state index contributed by atoms with van der Waals surface area (Å²) in [6.45, 7) is 0.206. The van der Waals surface area contributed by atoms with Crippen molar-refractivity contribution in [2.75, 3.05) is 25.4 Å². The van der Waals surface area contributed by atoms with Crippen molar-refractivity contribution in [3.05, 3.63) is 52.1 Å². The van der Waals surface area contributed by atoms with Gasteiger partial charge in [-0.15, -0.1) is 0 Å². The summed E-state index contributed by atoms with van der Waals surface area (Å²) >= 11 is 0. The minimum atomic E-state index is -1.39. The number of imidazole rings is 1. The number of nitro groups is 1. The molecule has 2 aromatic heterocycles. The van der Waals surface area contributed by atoms with Crippen LogP contribution >= 0.6 is 0 Å². The zero-order chi connectivity index (χ0) is 30.5. The summed E-state index contributed by atoms with van der Waals surface area (Å²) in [5.74, 6) is 0.400. The molecule has 1 saturated heterocycles. The Balaban J connectivity index is 1.15. The Morgan fingerprint density at radius 3 is 2.53 bits per heavy atom. The molecule has 16 heteroatoms. The third-order valence-electron chi connectivity index (χ3n) is 7.50. The van der Waals surface area contributed by atoms with Gasteiger partial charge in [0.25, 0.3) is 11.6 Å². The zero-order valence-corrected chi connectivity index (χ0v) is 23.4. The lowest BCUT2D eigenvalue weighted by molar-refractivity contribution is -0.384. The first-order chi connectivity index (χ1) is 20.7. The van der Waals surface area contributed by atoms with Crippen molar-refractivity contribution in [2.45, 2.75) is 63.7 Å². The van der Waals surface area contributed by atoms with Crippen molar-refractivity contribution in [1.29, 1.82) is 0 Å². The summed E-state index contributed by atoms with van der Waals surface area (Å²) in [6, 6.07) is 5.91. The molecule has 1 aliphatic heterocycles. The normalized spacial score (nSPS) is 17.0. The number of piperidine rings is 1. The molecule has 2 fully saturated rings. The lowest BCUT2D eigenvalue weighted by atomic mass is 9.93. The van der Waals surface area contributed by atoms with Crippen LogP contribution in [-0.4, -0.2) is 89.5 Å². The molecule has 1 aromatic carbocycles. The summed E-state index contributed by atoms with van der Waals surface area (Å²) in [6.07, 6.45) is 2.01. The standard InChI is InChI=1S/C27H34N8O8/c28-24-22-25(34(14-29-22)15-43-23(20(37)12-36)26(38)30-18-3-4-18)32-21(31-24)11-16-7-9-33(10-8-16)27(39)42-13-17-1-5-19(6-2-17)35(40)41/h1-2,5-6,14,16,18,20,23,36-37H,3-4,7-13,15H2,(H,30,38)(H2,28,31,32)/t20-,23+/m1/s1. The minimum Gasteiger partial charge on any atom is -0.445 e. The summed E-state index contributed by atoms with van der Waals surface area (Å²) in [5.41, 5.74) is 7.59. The number of ether oxygens (including phenoxy) is 2. The minimum absolute atomic E-state index is 0.0200. The number of likely N-dealkylation sites (tertiary alicyclic amines) is 1. The molecule has 0 unspecified atom stereocenters. The molecule has 0 spiro atoms. The summed E-state index contributed by atoms with van der Waals surface area (Å²) < 4.78 is 12.6. The first-order valence-electron chi connectivity index (χ1n) is 14.0. The zero-order valence-electron chi connectivity index (χ0n) is 23.4. The number of aliphatic hydroxyl groups excluding tert-OH is 2. The predicted octanol–water partition coefficient (Wildman–Crippen LogP) is 0.882. The van der Waals surface area contributed by atoms with Crippen LogP contribution in [0.4, 0.5) is 16.3 Å². The SMILES string of the molecule is Nc1nc(CC2CCN(C(=O)OCc3ccc([N+](=O)[O-])cc3)CC2)nc2c1ncn2CO[C@H](C(=O)NC1CC1)[C@H](O)CO. The van der Waals surface area contributed by atoms with Crippen LogP contribution in [0.15, 0.2) is 30.6 Å². The van der Waals surface area contributed by atoms with Gasteiger partial charge < -0.3 is 35.6 Å². The lowest BCUT2D eigenvalue weighted by Crippen LogP contribution is -2.46. The van der Waals surface area contributed by atoms with Gasteiger partial charge in [0.05, 0.1) is 17.9 Å². The van der Waals surface area contributed by atoms with Gasteiger partial charge in [-0.1, -0.05) is 0 Å². The van der Waals surface area contributed by atoms with E-state index in [9.17, 15) is 29.9 Å². The van der Waals surface area contributed by atoms with Gasteiger partial charge in [0, 0.05) is 37.7 Å². The number of hydrogen-bond donors (Lipinski definition) is 4. The largest absolute Gasteiger partial charge is 0.445 e. The van der Waals surface area contributed by atoms with Crippen LogP contribution in [0.1, 0.15) is 37.1 Å². The number of amides is 2. The number of hydrogen-bond acceptors (Lipinski definition) is 12. The number of nitrogens with zero attached hydrogens (tertiary/aromatic N) is 6. The molecule has 5 rings (SSSR count). The molecular weight excluding hydrogens is 564 g/mol. The summed E-state index contributed by atoms with van der Waals surface area (Å²) in [4.78, 5) is 50.3. The molecule has 43 heavy (non-hydrogen) atoms. The number of aromatic nitrogens is 4. The molecule has 2 atom stereocenters. The second kappa shape index (κ2) is 13.3. The van der Waals surface area contributed by atoms with Crippen molar-refractivity contribution >= 4 is 34.7 Å². The van der Waals surface area contributed by atoms with E-state index in [-0.39, 0.29) is 36.8 Å². The molecule has 2 aliphatic rings. The number of carbonyl (C=O) groups excluding carboxylic acids is 2. The van der Waals surface area contributed by atoms with E-state index in [0.717, 1.165) is 12.8 Å². The molecule has 3 heterocycles. The molecule has 230 valence electrons. The van der Waals surface area contributed by atoms with Crippen LogP contribution < -0.4 is 11.1 Å². The Labute approximate surface area is 246 Å². The molecule has 1 saturated carbocycles. The highest BCUT2D eigenvalue weighted by molar-refractivity contribution is 5.82. The smallest absolute Gasteiger partial charge is 0.410 e. The number of anilines is 1. The fraction of sp³-hybridized carbons (Fsp3) is 0.519. The van der Waals surface area contributed by atoms with E-state index in [1.165, 1.54) is 18.5 Å². The Kier molecular flexibility index (Phi) is 9.27. The number of aliphatic hydroxyl groups is 2. The van der Waals surface area contributed by atoms with Crippen molar-refractivity contribution < 1.29 is 34.2 Å². The average Bonchev–Trinajstić information content (AvgIpc) is 3.73. The van der Waals surface area contributed by atoms with E-state index in [2.05, 4.69) is 20.3 Å². The van der Waals surface area contributed by atoms with Crippen LogP contribution in [-0.2, 0) is 34.0 Å². The maximum Gasteiger partial charge on any atom is 0.410 e. The van der Waals surface area contributed by atoms with E-state index in [4.69, 9.17) is 15.2 Å². The first-order valence-corrected chi connectivity index (χ1v) is 14.0. The molecule has 16 nitrogen and oxygen atoms in total. The molecule has 1 aliphatic carbocycles. The van der Waals surface area contributed by atoms with E-state index < -0.39 is 35.7 Å². The fourth-order valence-electron chi connectivity index (χ4n) is 4.86. The van der Waals surface area contributed by atoms with Gasteiger partial charge in [-0.05, 0) is 49.3 Å². The average molecular weight is 599 g/mol. The van der Waals surface area contributed by atoms with E-state index >= 15 is 0 Å². The van der Waals surface area contributed by atoms with Gasteiger partial charge in [-0.25, -0.2) is 19.7 Å². The molecule has 3 aromatic rings. The highest BCUT2D eigenvalue weighted by Crippen LogP contribution is 2.24. The monoisotopic (exact) mass is 598 g/mol. The van der Waals surface area contributed by atoms with Gasteiger partial charge in [0.2, 0.25) is 0 Å². The number of fused-ring (bicyclic) bond motifs is 1. The number of benzene rings is 1. The topological polar surface area (TPSA) is 221 Å². The Hall–Kier alpha value is -4.41. The van der Waals surface area contributed by atoms with Crippen LogP contribution in [0.2, 0.25) is 0 Å². The van der Waals surface area contributed by atoms with Crippen molar-refractivity contribution in [3.63, 3.8) is 0 Å². The van der Waals surface area contributed by atoms with E-state index in [1.54, 1.807) is 21.6 Å². The van der Waals surface area contributed by atoms with E-state index in [1.807, 2.05) is 0 Å². The second-order valence-electron chi connectivity index (χ2n) is 10.8. The van der Waals surface area contributed by atoms with Gasteiger partial charge >= 0.3 is 6.09 Å². The van der Waals surface area contributed by atoms with Crippen molar-refractivity contribution in [3.8, 4) is 0 Å². The predicted molar refractivity (Wildman–Crippen MR) is 150 cm³/mol. The number of non-ortho nitro benzene ring substituents is 1. The van der Waals surface area contributed by atoms with Crippen LogP contribution in [0.25, 0.3) is 11.2 Å². The number of nitrogen functional groups attached to an aromatic ring is 1. The lowest BCUT2D eigenvalue weighted by Gasteiger charge is -2.31. The maximum atomic E-state index is 12.6. The van der Waals surface area contributed by atoms with Crippen molar-refractivity contribution in [1.82, 2.24) is 29.7 Å². The van der Waals surface area contributed by atoms with Gasteiger partial charge in [-0.2, -0.15) is 0 Å². The fourth-order valence-corrected chi connectivity index (χ4v) is 4.86. The quantitative estimate of drug-likeness (QED) is 0.169. The number of nitrogens with one attached hydrogen (secondary N) is 1. The van der Waals surface area contributed by atoms with Crippen LogP contribution in [0.3, 0.4) is 0 Å². The maximum absolute atomic E-state index is 12.6. The molecule has 5 N–H and O–H groups in total. The molecule has 0 radical (unpaired) electrons. The number of carbonyl (C=O) groups is 2.